The molecule has 0 aromatic heterocycles. The predicted molar refractivity (Wildman–Crippen MR) is 90.4 cm³/mol. The van der Waals surface area contributed by atoms with E-state index < -0.39 is 5.24 Å². The van der Waals surface area contributed by atoms with Crippen LogP contribution in [-0.4, -0.2) is 11.8 Å². The fourth-order valence-electron chi connectivity index (χ4n) is 2.03. The molecule has 0 atom stereocenters. The number of unbranched alkanes of at least 4 members (excludes halogenated alkanes) is 6. The van der Waals surface area contributed by atoms with Crippen LogP contribution in [-0.2, 0) is 0 Å². The number of carbonyl (C=O) groups is 1. The third kappa shape index (κ3) is 8.44. The highest BCUT2D eigenvalue weighted by molar-refractivity contribution is 6.67. The lowest BCUT2D eigenvalue weighted by molar-refractivity contribution is 0.108. The van der Waals surface area contributed by atoms with Crippen LogP contribution in [0.3, 0.4) is 0 Å². The standard InChI is InChI=1S/C16H24ClNO.ClH/c1-2-3-4-5-6-7-8-13-18-15-11-9-14(10-12-15)16(17)19;/h9-12,18H,2-8,13H2,1H3;1H. The Kier molecular flexibility index (Phi) is 11.6. The maximum Gasteiger partial charge on any atom is 0.252 e. The zero-order valence-electron chi connectivity index (χ0n) is 12.2. The van der Waals surface area contributed by atoms with Crippen LogP contribution in [0.25, 0.3) is 0 Å². The summed E-state index contributed by atoms with van der Waals surface area (Å²) in [5.41, 5.74) is 1.59. The van der Waals surface area contributed by atoms with Crippen molar-refractivity contribution in [3.63, 3.8) is 0 Å². The zero-order valence-corrected chi connectivity index (χ0v) is 13.7. The molecular formula is C16H25Cl2NO. The Bertz CT molecular complexity index is 365. The maximum absolute atomic E-state index is 10.9. The van der Waals surface area contributed by atoms with E-state index in [0.29, 0.717) is 5.56 Å². The molecular weight excluding hydrogens is 293 g/mol. The molecule has 4 heteroatoms. The van der Waals surface area contributed by atoms with E-state index in [1.54, 1.807) is 12.1 Å². The third-order valence-corrected chi connectivity index (χ3v) is 3.44. The second-order valence-electron chi connectivity index (χ2n) is 4.90. The van der Waals surface area contributed by atoms with E-state index in [1.807, 2.05) is 12.1 Å². The van der Waals surface area contributed by atoms with E-state index in [0.717, 1.165) is 12.2 Å². The van der Waals surface area contributed by atoms with Crippen molar-refractivity contribution in [1.29, 1.82) is 0 Å². The SMILES string of the molecule is CCCCCCCCCNc1ccc(C(=O)Cl)cc1.Cl. The van der Waals surface area contributed by atoms with E-state index in [-0.39, 0.29) is 12.4 Å². The van der Waals surface area contributed by atoms with Gasteiger partial charge in [0.15, 0.2) is 0 Å². The van der Waals surface area contributed by atoms with Crippen LogP contribution in [0.1, 0.15) is 62.2 Å². The van der Waals surface area contributed by atoms with E-state index in [1.165, 1.54) is 44.9 Å². The quantitative estimate of drug-likeness (QED) is 0.446. The Labute approximate surface area is 133 Å². The molecule has 2 nitrogen and oxygen atoms in total. The number of rotatable bonds is 10. The monoisotopic (exact) mass is 317 g/mol. The fourth-order valence-corrected chi connectivity index (χ4v) is 2.16. The molecule has 0 radical (unpaired) electrons. The summed E-state index contributed by atoms with van der Waals surface area (Å²) in [6.07, 6.45) is 9.23. The zero-order chi connectivity index (χ0) is 13.9. The summed E-state index contributed by atoms with van der Waals surface area (Å²) in [5, 5.41) is 2.95. The molecule has 0 amide bonds. The lowest BCUT2D eigenvalue weighted by Crippen LogP contribution is -2.01. The second kappa shape index (κ2) is 12.0. The third-order valence-electron chi connectivity index (χ3n) is 3.22. The van der Waals surface area contributed by atoms with E-state index >= 15 is 0 Å². The van der Waals surface area contributed by atoms with Crippen molar-refractivity contribution in [1.82, 2.24) is 0 Å². The van der Waals surface area contributed by atoms with E-state index in [4.69, 9.17) is 11.6 Å². The molecule has 0 saturated heterocycles. The average Bonchev–Trinajstić information content (AvgIpc) is 2.42. The van der Waals surface area contributed by atoms with Gasteiger partial charge in [-0.05, 0) is 42.3 Å². The summed E-state index contributed by atoms with van der Waals surface area (Å²) < 4.78 is 0. The molecule has 0 saturated carbocycles. The van der Waals surface area contributed by atoms with E-state index in [9.17, 15) is 4.79 Å². The number of halogens is 2. The normalized spacial score (nSPS) is 9.90. The van der Waals surface area contributed by atoms with Crippen molar-refractivity contribution in [3.05, 3.63) is 29.8 Å². The molecule has 0 fully saturated rings. The van der Waals surface area contributed by atoms with Gasteiger partial charge in [0.1, 0.15) is 0 Å². The maximum atomic E-state index is 10.9. The number of anilines is 1. The molecule has 1 rings (SSSR count). The lowest BCUT2D eigenvalue weighted by atomic mass is 10.1. The van der Waals surface area contributed by atoms with Crippen molar-refractivity contribution in [2.75, 3.05) is 11.9 Å². The van der Waals surface area contributed by atoms with Gasteiger partial charge in [0.2, 0.25) is 0 Å². The molecule has 1 N–H and O–H groups in total. The summed E-state index contributed by atoms with van der Waals surface area (Å²) in [4.78, 5) is 10.9. The Balaban J connectivity index is 0.00000361. The molecule has 1 aromatic rings. The average molecular weight is 318 g/mol. The van der Waals surface area contributed by atoms with Gasteiger partial charge in [-0.25, -0.2) is 0 Å². The predicted octanol–water partition coefficient (Wildman–Crippen LogP) is 5.65. The minimum absolute atomic E-state index is 0. The van der Waals surface area contributed by atoms with Crippen LogP contribution in [0.15, 0.2) is 24.3 Å². The molecule has 0 aliphatic rings. The summed E-state index contributed by atoms with van der Waals surface area (Å²) in [6, 6.07) is 7.30. The smallest absolute Gasteiger partial charge is 0.252 e. The van der Waals surface area contributed by atoms with Gasteiger partial charge in [-0.15, -0.1) is 12.4 Å². The van der Waals surface area contributed by atoms with Crippen molar-refractivity contribution in [3.8, 4) is 0 Å². The first-order chi connectivity index (χ1) is 9.24. The van der Waals surface area contributed by atoms with Crippen molar-refractivity contribution in [2.24, 2.45) is 0 Å². The molecule has 0 spiro atoms. The fraction of sp³-hybridized carbons (Fsp3) is 0.562. The molecule has 20 heavy (non-hydrogen) atoms. The molecule has 0 aliphatic carbocycles. The van der Waals surface area contributed by atoms with Crippen LogP contribution in [0.4, 0.5) is 5.69 Å². The molecule has 1 aromatic carbocycles. The van der Waals surface area contributed by atoms with Gasteiger partial charge >= 0.3 is 0 Å². The van der Waals surface area contributed by atoms with Gasteiger partial charge in [-0.2, -0.15) is 0 Å². The molecule has 0 aliphatic heterocycles. The highest BCUT2D eigenvalue weighted by Gasteiger charge is 2.00. The highest BCUT2D eigenvalue weighted by Crippen LogP contribution is 2.12. The first-order valence-electron chi connectivity index (χ1n) is 7.28. The van der Waals surface area contributed by atoms with Crippen molar-refractivity contribution < 1.29 is 4.79 Å². The largest absolute Gasteiger partial charge is 0.385 e. The van der Waals surface area contributed by atoms with Gasteiger partial charge in [0.05, 0.1) is 0 Å². The topological polar surface area (TPSA) is 29.1 Å². The van der Waals surface area contributed by atoms with Crippen LogP contribution in [0.2, 0.25) is 0 Å². The molecule has 0 unspecified atom stereocenters. The van der Waals surface area contributed by atoms with Gasteiger partial charge in [-0.3, -0.25) is 4.79 Å². The van der Waals surface area contributed by atoms with Gasteiger partial charge < -0.3 is 5.32 Å². The Morgan fingerprint density at radius 1 is 1.00 bits per heavy atom. The number of hydrogen-bond acceptors (Lipinski definition) is 2. The summed E-state index contributed by atoms with van der Waals surface area (Å²) in [7, 11) is 0. The summed E-state index contributed by atoms with van der Waals surface area (Å²) in [6.45, 7) is 3.23. The second-order valence-corrected chi connectivity index (χ2v) is 5.24. The van der Waals surface area contributed by atoms with Gasteiger partial charge in [0.25, 0.3) is 5.24 Å². The number of nitrogens with one attached hydrogen (secondary N) is 1. The highest BCUT2D eigenvalue weighted by atomic mass is 35.5. The van der Waals surface area contributed by atoms with Crippen molar-refractivity contribution in [2.45, 2.75) is 51.9 Å². The number of carbonyl (C=O) groups excluding carboxylic acids is 1. The van der Waals surface area contributed by atoms with Crippen molar-refractivity contribution >= 4 is 34.9 Å². The molecule has 0 bridgehead atoms. The van der Waals surface area contributed by atoms with Crippen LogP contribution >= 0.6 is 24.0 Å². The number of benzene rings is 1. The first kappa shape index (κ1) is 19.3. The van der Waals surface area contributed by atoms with Crippen LogP contribution < -0.4 is 5.32 Å². The van der Waals surface area contributed by atoms with Crippen LogP contribution in [0, 0.1) is 0 Å². The molecule has 0 heterocycles. The Hall–Kier alpha value is -0.730. The molecule has 114 valence electrons. The van der Waals surface area contributed by atoms with Crippen LogP contribution in [0.5, 0.6) is 0 Å². The van der Waals surface area contributed by atoms with E-state index in [2.05, 4.69) is 12.2 Å². The minimum atomic E-state index is -0.404. The van der Waals surface area contributed by atoms with Gasteiger partial charge in [-0.1, -0.05) is 45.4 Å². The minimum Gasteiger partial charge on any atom is -0.385 e. The van der Waals surface area contributed by atoms with Gasteiger partial charge in [0, 0.05) is 17.8 Å². The first-order valence-corrected chi connectivity index (χ1v) is 7.65. The lowest BCUT2D eigenvalue weighted by Gasteiger charge is -2.06. The summed E-state index contributed by atoms with van der Waals surface area (Å²) >= 11 is 5.39. The Morgan fingerprint density at radius 3 is 2.10 bits per heavy atom. The summed E-state index contributed by atoms with van der Waals surface area (Å²) in [5.74, 6) is 0. The Morgan fingerprint density at radius 2 is 1.55 bits per heavy atom. The number of hydrogen-bond donors (Lipinski definition) is 1.